The number of nitrogens with zero attached hydrogens (tertiary/aromatic N) is 2. The van der Waals surface area contributed by atoms with E-state index in [9.17, 15) is 9.59 Å². The molecule has 0 saturated carbocycles. The molecule has 2 aromatic heterocycles. The highest BCUT2D eigenvalue weighted by Crippen LogP contribution is 2.15. The predicted molar refractivity (Wildman–Crippen MR) is 100 cm³/mol. The van der Waals surface area contributed by atoms with Gasteiger partial charge in [0.05, 0.1) is 23.5 Å². The summed E-state index contributed by atoms with van der Waals surface area (Å²) in [7, 11) is 0. The Bertz CT molecular complexity index is 926. The second kappa shape index (κ2) is 8.02. The number of amides is 1. The first-order valence-electron chi connectivity index (χ1n) is 8.13. The van der Waals surface area contributed by atoms with Crippen LogP contribution in [0.1, 0.15) is 33.3 Å². The van der Waals surface area contributed by atoms with Gasteiger partial charge in [0.1, 0.15) is 0 Å². The van der Waals surface area contributed by atoms with Crippen molar-refractivity contribution in [3.63, 3.8) is 0 Å². The molecule has 0 saturated heterocycles. The van der Waals surface area contributed by atoms with Crippen molar-refractivity contribution in [1.82, 2.24) is 9.97 Å². The van der Waals surface area contributed by atoms with Crippen LogP contribution in [-0.4, -0.2) is 21.7 Å². The van der Waals surface area contributed by atoms with Crippen LogP contribution in [0, 0.1) is 0 Å². The molecule has 0 aliphatic carbocycles. The lowest BCUT2D eigenvalue weighted by Gasteiger charge is -2.09. The van der Waals surface area contributed by atoms with Crippen LogP contribution in [0.25, 0.3) is 0 Å². The molecular weight excluding hydrogens is 328 g/mol. The van der Waals surface area contributed by atoms with E-state index in [2.05, 4.69) is 20.6 Å². The third-order valence-corrected chi connectivity index (χ3v) is 3.73. The minimum Gasteiger partial charge on any atom is -0.378 e. The highest BCUT2D eigenvalue weighted by Gasteiger charge is 2.09. The molecule has 2 N–H and O–H groups in total. The molecule has 0 atom stereocenters. The maximum Gasteiger partial charge on any atom is 0.257 e. The van der Waals surface area contributed by atoms with Crippen LogP contribution < -0.4 is 10.6 Å². The van der Waals surface area contributed by atoms with Gasteiger partial charge in [-0.2, -0.15) is 0 Å². The summed E-state index contributed by atoms with van der Waals surface area (Å²) in [6.45, 7) is 2.02. The van der Waals surface area contributed by atoms with Gasteiger partial charge in [0, 0.05) is 29.8 Å². The number of nitrogens with one attached hydrogen (secondary N) is 2. The average Bonchev–Trinajstić information content (AvgIpc) is 2.67. The van der Waals surface area contributed by atoms with E-state index in [1.165, 1.54) is 13.1 Å². The lowest BCUT2D eigenvalue weighted by molar-refractivity contribution is 0.101. The summed E-state index contributed by atoms with van der Waals surface area (Å²) in [5.74, 6) is -0.344. The largest absolute Gasteiger partial charge is 0.378 e. The van der Waals surface area contributed by atoms with Gasteiger partial charge >= 0.3 is 0 Å². The van der Waals surface area contributed by atoms with E-state index in [1.54, 1.807) is 42.7 Å². The monoisotopic (exact) mass is 346 g/mol. The van der Waals surface area contributed by atoms with Crippen LogP contribution in [0.15, 0.2) is 67.1 Å². The molecular formula is C20H18N4O2. The lowest BCUT2D eigenvalue weighted by atomic mass is 10.1. The van der Waals surface area contributed by atoms with E-state index in [4.69, 9.17) is 0 Å². The van der Waals surface area contributed by atoms with Gasteiger partial charge in [-0.3, -0.25) is 19.6 Å². The molecule has 6 nitrogen and oxygen atoms in total. The zero-order valence-corrected chi connectivity index (χ0v) is 14.3. The summed E-state index contributed by atoms with van der Waals surface area (Å²) >= 11 is 0. The van der Waals surface area contributed by atoms with Crippen LogP contribution >= 0.6 is 0 Å². The molecule has 26 heavy (non-hydrogen) atoms. The molecule has 0 unspecified atom stereocenters. The fraction of sp³-hybridized carbons (Fsp3) is 0.100. The SMILES string of the molecule is CC(=O)c1cccc(NC(=O)c2cncc(NCc3ccccn3)c2)c1. The topological polar surface area (TPSA) is 84.0 Å². The summed E-state index contributed by atoms with van der Waals surface area (Å²) in [6, 6.07) is 14.2. The van der Waals surface area contributed by atoms with Gasteiger partial charge in [-0.15, -0.1) is 0 Å². The lowest BCUT2D eigenvalue weighted by Crippen LogP contribution is -2.13. The molecule has 0 fully saturated rings. The third kappa shape index (κ3) is 4.51. The zero-order chi connectivity index (χ0) is 18.4. The maximum absolute atomic E-state index is 12.4. The van der Waals surface area contributed by atoms with E-state index in [1.807, 2.05) is 18.2 Å². The average molecular weight is 346 g/mol. The van der Waals surface area contributed by atoms with Gasteiger partial charge in [-0.05, 0) is 37.3 Å². The molecule has 0 bridgehead atoms. The van der Waals surface area contributed by atoms with Crippen molar-refractivity contribution in [2.45, 2.75) is 13.5 Å². The van der Waals surface area contributed by atoms with Crippen molar-refractivity contribution in [3.05, 3.63) is 83.9 Å². The van der Waals surface area contributed by atoms with Gasteiger partial charge < -0.3 is 10.6 Å². The summed E-state index contributed by atoms with van der Waals surface area (Å²) in [5.41, 5.74) is 3.15. The van der Waals surface area contributed by atoms with Crippen molar-refractivity contribution in [1.29, 1.82) is 0 Å². The van der Waals surface area contributed by atoms with Crippen molar-refractivity contribution >= 4 is 23.1 Å². The molecule has 0 radical (unpaired) electrons. The summed E-state index contributed by atoms with van der Waals surface area (Å²) in [5, 5.41) is 5.98. The Balaban J connectivity index is 1.68. The molecule has 1 aromatic carbocycles. The smallest absolute Gasteiger partial charge is 0.257 e. The Kier molecular flexibility index (Phi) is 5.34. The Hall–Kier alpha value is -3.54. The second-order valence-electron chi connectivity index (χ2n) is 5.73. The number of Topliss-reactive ketones (excluding diaryl/α,β-unsaturated/α-hetero) is 1. The first-order valence-corrected chi connectivity index (χ1v) is 8.13. The molecule has 0 aliphatic heterocycles. The number of pyridine rings is 2. The molecule has 130 valence electrons. The van der Waals surface area contributed by atoms with E-state index in [0.717, 1.165) is 11.4 Å². The van der Waals surface area contributed by atoms with Gasteiger partial charge in [0.25, 0.3) is 5.91 Å². The van der Waals surface area contributed by atoms with Crippen molar-refractivity contribution in [2.75, 3.05) is 10.6 Å². The number of carbonyl (C=O) groups is 2. The Morgan fingerprint density at radius 2 is 1.81 bits per heavy atom. The molecule has 2 heterocycles. The number of benzene rings is 1. The van der Waals surface area contributed by atoms with Gasteiger partial charge in [-0.1, -0.05) is 18.2 Å². The molecule has 3 aromatic rings. The van der Waals surface area contributed by atoms with E-state index in [0.29, 0.717) is 23.4 Å². The number of hydrogen-bond acceptors (Lipinski definition) is 5. The fourth-order valence-corrected chi connectivity index (χ4v) is 2.38. The number of rotatable bonds is 6. The van der Waals surface area contributed by atoms with E-state index < -0.39 is 0 Å². The Morgan fingerprint density at radius 3 is 2.58 bits per heavy atom. The first-order chi connectivity index (χ1) is 12.6. The van der Waals surface area contributed by atoms with E-state index >= 15 is 0 Å². The number of aromatic nitrogens is 2. The second-order valence-corrected chi connectivity index (χ2v) is 5.73. The normalized spacial score (nSPS) is 10.2. The van der Waals surface area contributed by atoms with Crippen LogP contribution in [0.4, 0.5) is 11.4 Å². The minimum absolute atomic E-state index is 0.0523. The third-order valence-electron chi connectivity index (χ3n) is 3.73. The van der Waals surface area contributed by atoms with E-state index in [-0.39, 0.29) is 11.7 Å². The van der Waals surface area contributed by atoms with Crippen molar-refractivity contribution in [2.24, 2.45) is 0 Å². The van der Waals surface area contributed by atoms with Crippen LogP contribution in [0.5, 0.6) is 0 Å². The minimum atomic E-state index is -0.292. The predicted octanol–water partition coefficient (Wildman–Crippen LogP) is 3.54. The quantitative estimate of drug-likeness (QED) is 0.667. The van der Waals surface area contributed by atoms with Crippen molar-refractivity contribution < 1.29 is 9.59 Å². The molecule has 6 heteroatoms. The highest BCUT2D eigenvalue weighted by molar-refractivity contribution is 6.05. The molecule has 0 spiro atoms. The summed E-state index contributed by atoms with van der Waals surface area (Å²) in [4.78, 5) is 32.2. The van der Waals surface area contributed by atoms with Gasteiger partial charge in [0.15, 0.2) is 5.78 Å². The molecule has 3 rings (SSSR count). The summed E-state index contributed by atoms with van der Waals surface area (Å²) < 4.78 is 0. The number of carbonyl (C=O) groups excluding carboxylic acids is 2. The zero-order valence-electron chi connectivity index (χ0n) is 14.3. The Labute approximate surface area is 151 Å². The Morgan fingerprint density at radius 1 is 0.962 bits per heavy atom. The summed E-state index contributed by atoms with van der Waals surface area (Å²) in [6.07, 6.45) is 4.88. The van der Waals surface area contributed by atoms with Gasteiger partial charge in [0.2, 0.25) is 0 Å². The molecule has 0 aliphatic rings. The van der Waals surface area contributed by atoms with Crippen LogP contribution in [-0.2, 0) is 6.54 Å². The standard InChI is InChI=1S/C20H18N4O2/c1-14(25)15-5-4-7-17(9-15)24-20(26)16-10-19(12-21-11-16)23-13-18-6-2-3-8-22-18/h2-12,23H,13H2,1H3,(H,24,26). The van der Waals surface area contributed by atoms with Crippen LogP contribution in [0.3, 0.4) is 0 Å². The fourth-order valence-electron chi connectivity index (χ4n) is 2.38. The number of ketones is 1. The maximum atomic E-state index is 12.4. The van der Waals surface area contributed by atoms with Gasteiger partial charge in [-0.25, -0.2) is 0 Å². The number of hydrogen-bond donors (Lipinski definition) is 2. The highest BCUT2D eigenvalue weighted by atomic mass is 16.1. The van der Waals surface area contributed by atoms with Crippen molar-refractivity contribution in [3.8, 4) is 0 Å². The van der Waals surface area contributed by atoms with Crippen LogP contribution in [0.2, 0.25) is 0 Å². The first kappa shape index (κ1) is 17.3. The number of anilines is 2. The molecule has 1 amide bonds.